The zero-order chi connectivity index (χ0) is 20.2. The molecule has 2 rings (SSSR count). The number of nitrogens with zero attached hydrogens (tertiary/aromatic N) is 1. The van der Waals surface area contributed by atoms with Gasteiger partial charge in [0.15, 0.2) is 0 Å². The van der Waals surface area contributed by atoms with Crippen LogP contribution in [0.2, 0.25) is 5.02 Å². The second kappa shape index (κ2) is 7.86. The number of halogens is 1. The van der Waals surface area contributed by atoms with Crippen LogP contribution in [-0.2, 0) is 10.0 Å². The van der Waals surface area contributed by atoms with Crippen molar-refractivity contribution in [1.82, 2.24) is 10.0 Å². The fourth-order valence-corrected chi connectivity index (χ4v) is 3.23. The third-order valence-electron chi connectivity index (χ3n) is 3.12. The number of sulfonamides is 1. The first kappa shape index (κ1) is 20.6. The Bertz CT molecular complexity index is 991. The van der Waals surface area contributed by atoms with E-state index in [-0.39, 0.29) is 16.2 Å². The van der Waals surface area contributed by atoms with Gasteiger partial charge in [-0.3, -0.25) is 0 Å². The molecule has 27 heavy (non-hydrogen) atoms. The van der Waals surface area contributed by atoms with Crippen LogP contribution in [0.4, 0.5) is 4.79 Å². The lowest BCUT2D eigenvalue weighted by Crippen LogP contribution is -2.48. The number of urea groups is 1. The Morgan fingerprint density at radius 2 is 1.78 bits per heavy atom. The van der Waals surface area contributed by atoms with Crippen molar-refractivity contribution >= 4 is 27.7 Å². The Labute approximate surface area is 163 Å². The molecule has 0 bridgehead atoms. The van der Waals surface area contributed by atoms with E-state index in [2.05, 4.69) is 5.32 Å². The van der Waals surface area contributed by atoms with Gasteiger partial charge in [-0.05, 0) is 63.2 Å². The summed E-state index contributed by atoms with van der Waals surface area (Å²) in [7, 11) is -4.29. The summed E-state index contributed by atoms with van der Waals surface area (Å²) in [5, 5.41) is 12.1. The van der Waals surface area contributed by atoms with Crippen LogP contribution >= 0.6 is 11.6 Å². The smallest absolute Gasteiger partial charge is 0.329 e. The maximum absolute atomic E-state index is 12.7. The number of carbonyl (C=O) groups is 1. The highest BCUT2D eigenvalue weighted by molar-refractivity contribution is 7.90. The number of hydrogen-bond acceptors (Lipinski definition) is 5. The Morgan fingerprint density at radius 1 is 1.15 bits per heavy atom. The number of amides is 2. The summed E-state index contributed by atoms with van der Waals surface area (Å²) >= 11 is 5.83. The normalized spacial score (nSPS) is 11.4. The summed E-state index contributed by atoms with van der Waals surface area (Å²) in [5.41, 5.74) is -0.522. The molecule has 0 spiro atoms. The molecule has 142 valence electrons. The fraction of sp³-hybridized carbons (Fsp3) is 0.222. The molecule has 0 saturated heterocycles. The molecule has 9 heteroatoms. The van der Waals surface area contributed by atoms with Gasteiger partial charge in [0.05, 0.1) is 11.6 Å². The summed E-state index contributed by atoms with van der Waals surface area (Å²) in [6.45, 7) is 5.14. The Kier molecular flexibility index (Phi) is 5.98. The number of benzene rings is 2. The van der Waals surface area contributed by atoms with Crippen LogP contribution in [0, 0.1) is 11.3 Å². The largest absolute Gasteiger partial charge is 0.456 e. The Hall–Kier alpha value is -2.76. The van der Waals surface area contributed by atoms with Gasteiger partial charge in [-0.2, -0.15) is 5.26 Å². The standard InChI is InChI=1S/C18H18ClN3O4S/c1-18(2,3)21-17(23)22-27(24,25)16-10-12(11-20)4-9-15(16)26-14-7-5-13(19)6-8-14/h4-10H,1-3H3,(H2,21,22,23). The molecule has 0 aliphatic heterocycles. The minimum Gasteiger partial charge on any atom is -0.456 e. The van der Waals surface area contributed by atoms with Crippen LogP contribution < -0.4 is 14.8 Å². The molecule has 0 radical (unpaired) electrons. The lowest BCUT2D eigenvalue weighted by molar-refractivity contribution is 0.237. The van der Waals surface area contributed by atoms with E-state index in [9.17, 15) is 13.2 Å². The van der Waals surface area contributed by atoms with Crippen molar-refractivity contribution in [2.75, 3.05) is 0 Å². The molecule has 2 N–H and O–H groups in total. The molecule has 0 aromatic heterocycles. The zero-order valence-electron chi connectivity index (χ0n) is 14.9. The van der Waals surface area contributed by atoms with Crippen LogP contribution in [0.5, 0.6) is 11.5 Å². The van der Waals surface area contributed by atoms with E-state index in [0.717, 1.165) is 6.07 Å². The molecule has 2 aromatic rings. The van der Waals surface area contributed by atoms with Crippen LogP contribution in [0.1, 0.15) is 26.3 Å². The SMILES string of the molecule is CC(C)(C)NC(=O)NS(=O)(=O)c1cc(C#N)ccc1Oc1ccc(Cl)cc1. The third kappa shape index (κ3) is 5.88. The second-order valence-corrected chi connectivity index (χ2v) is 8.73. The van der Waals surface area contributed by atoms with Gasteiger partial charge in [-0.15, -0.1) is 0 Å². The first-order valence-corrected chi connectivity index (χ1v) is 9.69. The van der Waals surface area contributed by atoms with Crippen molar-refractivity contribution in [2.24, 2.45) is 0 Å². The monoisotopic (exact) mass is 407 g/mol. The molecule has 0 unspecified atom stereocenters. The van der Waals surface area contributed by atoms with E-state index < -0.39 is 21.6 Å². The molecule has 0 heterocycles. The van der Waals surface area contributed by atoms with Crippen molar-refractivity contribution in [3.05, 3.63) is 53.1 Å². The molecule has 2 amide bonds. The fourth-order valence-electron chi connectivity index (χ4n) is 2.04. The van der Waals surface area contributed by atoms with Gasteiger partial charge in [0.2, 0.25) is 0 Å². The molecule has 0 fully saturated rings. The predicted octanol–water partition coefficient (Wildman–Crippen LogP) is 3.79. The van der Waals surface area contributed by atoms with E-state index in [1.807, 2.05) is 10.8 Å². The summed E-state index contributed by atoms with van der Waals surface area (Å²) in [4.78, 5) is 11.7. The number of ether oxygens (including phenoxy) is 1. The van der Waals surface area contributed by atoms with Crippen molar-refractivity contribution < 1.29 is 17.9 Å². The first-order valence-electron chi connectivity index (χ1n) is 7.83. The topological polar surface area (TPSA) is 108 Å². The van der Waals surface area contributed by atoms with Crippen LogP contribution in [0.15, 0.2) is 47.4 Å². The Balaban J connectivity index is 2.39. The maximum Gasteiger partial charge on any atom is 0.329 e. The summed E-state index contributed by atoms with van der Waals surface area (Å²) in [6.07, 6.45) is 0. The minimum atomic E-state index is -4.29. The first-order chi connectivity index (χ1) is 12.5. The summed E-state index contributed by atoms with van der Waals surface area (Å²) < 4.78 is 32.9. The number of rotatable bonds is 4. The van der Waals surface area contributed by atoms with E-state index in [1.165, 1.54) is 12.1 Å². The molecule has 0 atom stereocenters. The van der Waals surface area contributed by atoms with E-state index in [4.69, 9.17) is 21.6 Å². The highest BCUT2D eigenvalue weighted by Crippen LogP contribution is 2.30. The molecular weight excluding hydrogens is 390 g/mol. The van der Waals surface area contributed by atoms with Crippen molar-refractivity contribution in [2.45, 2.75) is 31.2 Å². The average molecular weight is 408 g/mol. The van der Waals surface area contributed by atoms with Gasteiger partial charge in [0.25, 0.3) is 10.0 Å². The van der Waals surface area contributed by atoms with Crippen LogP contribution in [0.25, 0.3) is 0 Å². The lowest BCUT2D eigenvalue weighted by Gasteiger charge is -2.21. The predicted molar refractivity (Wildman–Crippen MR) is 101 cm³/mol. The number of nitriles is 1. The van der Waals surface area contributed by atoms with Gasteiger partial charge in [0.1, 0.15) is 16.4 Å². The molecular formula is C18H18ClN3O4S. The lowest BCUT2D eigenvalue weighted by atomic mass is 10.1. The quantitative estimate of drug-likeness (QED) is 0.801. The van der Waals surface area contributed by atoms with Gasteiger partial charge in [0, 0.05) is 10.6 Å². The highest BCUT2D eigenvalue weighted by atomic mass is 35.5. The van der Waals surface area contributed by atoms with Crippen molar-refractivity contribution in [3.63, 3.8) is 0 Å². The van der Waals surface area contributed by atoms with Gasteiger partial charge in [-0.1, -0.05) is 11.6 Å². The highest BCUT2D eigenvalue weighted by Gasteiger charge is 2.25. The molecule has 2 aromatic carbocycles. The number of hydrogen-bond donors (Lipinski definition) is 2. The van der Waals surface area contributed by atoms with Crippen molar-refractivity contribution in [1.29, 1.82) is 5.26 Å². The van der Waals surface area contributed by atoms with E-state index >= 15 is 0 Å². The van der Waals surface area contributed by atoms with Gasteiger partial charge >= 0.3 is 6.03 Å². The average Bonchev–Trinajstić information content (AvgIpc) is 2.54. The molecule has 0 aliphatic carbocycles. The van der Waals surface area contributed by atoms with Gasteiger partial charge in [-0.25, -0.2) is 17.9 Å². The van der Waals surface area contributed by atoms with E-state index in [0.29, 0.717) is 10.8 Å². The summed E-state index contributed by atoms with van der Waals surface area (Å²) in [5.74, 6) is 0.312. The van der Waals surface area contributed by atoms with Crippen LogP contribution in [0.3, 0.4) is 0 Å². The van der Waals surface area contributed by atoms with Crippen molar-refractivity contribution in [3.8, 4) is 17.6 Å². The minimum absolute atomic E-state index is 0.0348. The van der Waals surface area contributed by atoms with Gasteiger partial charge < -0.3 is 10.1 Å². The second-order valence-electron chi connectivity index (χ2n) is 6.64. The number of nitrogens with one attached hydrogen (secondary N) is 2. The summed E-state index contributed by atoms with van der Waals surface area (Å²) in [6, 6.07) is 11.2. The van der Waals surface area contributed by atoms with Crippen LogP contribution in [-0.4, -0.2) is 20.0 Å². The molecule has 0 aliphatic rings. The zero-order valence-corrected chi connectivity index (χ0v) is 16.5. The molecule has 7 nitrogen and oxygen atoms in total. The Morgan fingerprint density at radius 3 is 2.33 bits per heavy atom. The third-order valence-corrected chi connectivity index (χ3v) is 4.72. The van der Waals surface area contributed by atoms with E-state index in [1.54, 1.807) is 45.0 Å². The maximum atomic E-state index is 12.7. The number of carbonyl (C=O) groups excluding carboxylic acids is 1. The molecule has 0 saturated carbocycles.